The van der Waals surface area contributed by atoms with Gasteiger partial charge in [0.15, 0.2) is 0 Å². The van der Waals surface area contributed by atoms with Crippen molar-refractivity contribution in [2.75, 3.05) is 13.6 Å². The van der Waals surface area contributed by atoms with Gasteiger partial charge in [0.05, 0.1) is 0 Å². The van der Waals surface area contributed by atoms with Gasteiger partial charge < -0.3 is 14.6 Å². The molecule has 158 valence electrons. The van der Waals surface area contributed by atoms with Crippen LogP contribution in [0.25, 0.3) is 10.9 Å². The number of carbonyl (C=O) groups is 1. The second-order valence-corrected chi connectivity index (χ2v) is 8.93. The SMILES string of the molecule is Cc1cnccc1CCC(CC(=O)O)Cn1c2c(c3cc(Cl)ccc31)CN(C)CC2. The standard InChI is InChI=1S/C24H28ClN3O2/c1-16-13-26-9-7-18(16)4-3-17(11-24(29)30)14-28-22-6-5-19(25)12-20(22)21-15-27(2)10-8-23(21)28/h5-7,9,12-13,17H,3-4,8,10-11,14-15H2,1-2H3,(H,29,30). The number of likely N-dealkylation sites (N-methyl/N-ethyl adjacent to an activating group) is 1. The van der Waals surface area contributed by atoms with Crippen LogP contribution in [0.4, 0.5) is 0 Å². The molecule has 1 atom stereocenters. The van der Waals surface area contributed by atoms with Gasteiger partial charge in [-0.15, -0.1) is 0 Å². The fraction of sp³-hybridized carbons (Fsp3) is 0.417. The normalized spacial score (nSPS) is 15.3. The Morgan fingerprint density at radius 2 is 2.17 bits per heavy atom. The summed E-state index contributed by atoms with van der Waals surface area (Å²) in [5, 5.41) is 11.5. The van der Waals surface area contributed by atoms with Crippen LogP contribution >= 0.6 is 11.6 Å². The summed E-state index contributed by atoms with van der Waals surface area (Å²) < 4.78 is 2.36. The number of aryl methyl sites for hydroxylation is 2. The van der Waals surface area contributed by atoms with E-state index < -0.39 is 5.97 Å². The molecule has 0 saturated carbocycles. The molecule has 0 fully saturated rings. The van der Waals surface area contributed by atoms with E-state index in [1.807, 2.05) is 24.5 Å². The van der Waals surface area contributed by atoms with Crippen molar-refractivity contribution in [3.05, 3.63) is 64.1 Å². The van der Waals surface area contributed by atoms with Crippen molar-refractivity contribution in [3.63, 3.8) is 0 Å². The van der Waals surface area contributed by atoms with Crippen LogP contribution < -0.4 is 0 Å². The van der Waals surface area contributed by atoms with Crippen LogP contribution in [0.1, 0.15) is 35.2 Å². The molecule has 0 aliphatic carbocycles. The van der Waals surface area contributed by atoms with Crippen molar-refractivity contribution in [2.24, 2.45) is 5.92 Å². The Labute approximate surface area is 182 Å². The number of aromatic nitrogens is 2. The zero-order chi connectivity index (χ0) is 21.3. The summed E-state index contributed by atoms with van der Waals surface area (Å²) in [5.41, 5.74) is 6.23. The zero-order valence-corrected chi connectivity index (χ0v) is 18.3. The first kappa shape index (κ1) is 20.9. The molecule has 0 amide bonds. The van der Waals surface area contributed by atoms with E-state index in [4.69, 9.17) is 11.6 Å². The van der Waals surface area contributed by atoms with Gasteiger partial charge in [-0.05, 0) is 73.7 Å². The van der Waals surface area contributed by atoms with Crippen LogP contribution in [0.5, 0.6) is 0 Å². The number of pyridine rings is 1. The Kier molecular flexibility index (Phi) is 6.11. The molecule has 1 unspecified atom stereocenters. The lowest BCUT2D eigenvalue weighted by molar-refractivity contribution is -0.138. The van der Waals surface area contributed by atoms with Gasteiger partial charge in [-0.25, -0.2) is 0 Å². The lowest BCUT2D eigenvalue weighted by atomic mass is 9.95. The Hall–Kier alpha value is -2.37. The Morgan fingerprint density at radius 3 is 2.93 bits per heavy atom. The zero-order valence-electron chi connectivity index (χ0n) is 17.6. The van der Waals surface area contributed by atoms with E-state index in [0.29, 0.717) is 6.54 Å². The number of fused-ring (bicyclic) bond motifs is 3. The Bertz CT molecular complexity index is 1080. The second kappa shape index (κ2) is 8.78. The van der Waals surface area contributed by atoms with Crippen LogP contribution in [0.3, 0.4) is 0 Å². The monoisotopic (exact) mass is 425 g/mol. The van der Waals surface area contributed by atoms with Crippen LogP contribution in [-0.4, -0.2) is 39.1 Å². The van der Waals surface area contributed by atoms with Gasteiger partial charge in [-0.1, -0.05) is 11.6 Å². The van der Waals surface area contributed by atoms with Crippen molar-refractivity contribution >= 4 is 28.5 Å². The van der Waals surface area contributed by atoms with E-state index in [9.17, 15) is 9.90 Å². The number of halogens is 1. The number of aliphatic carboxylic acids is 1. The van der Waals surface area contributed by atoms with Gasteiger partial charge in [0.1, 0.15) is 0 Å². The number of carboxylic acid groups (broad SMARTS) is 1. The predicted molar refractivity (Wildman–Crippen MR) is 120 cm³/mol. The number of hydrogen-bond donors (Lipinski definition) is 1. The Balaban J connectivity index is 1.65. The molecule has 0 saturated heterocycles. The van der Waals surface area contributed by atoms with Gasteiger partial charge >= 0.3 is 5.97 Å². The minimum Gasteiger partial charge on any atom is -0.481 e. The molecule has 0 radical (unpaired) electrons. The molecule has 1 N–H and O–H groups in total. The van der Waals surface area contributed by atoms with E-state index in [1.54, 1.807) is 0 Å². The molecule has 5 nitrogen and oxygen atoms in total. The van der Waals surface area contributed by atoms with Crippen molar-refractivity contribution in [1.82, 2.24) is 14.5 Å². The van der Waals surface area contributed by atoms with Crippen LogP contribution in [0.15, 0.2) is 36.7 Å². The maximum absolute atomic E-state index is 11.6. The highest BCUT2D eigenvalue weighted by Crippen LogP contribution is 2.34. The van der Waals surface area contributed by atoms with E-state index in [2.05, 4.69) is 40.6 Å². The number of rotatable bonds is 7. The number of benzene rings is 1. The molecule has 3 aromatic rings. The third kappa shape index (κ3) is 4.37. The van der Waals surface area contributed by atoms with E-state index >= 15 is 0 Å². The molecule has 0 bridgehead atoms. The maximum atomic E-state index is 11.6. The van der Waals surface area contributed by atoms with Gasteiger partial charge in [0.2, 0.25) is 0 Å². The van der Waals surface area contributed by atoms with Crippen LogP contribution in [-0.2, 0) is 30.7 Å². The number of hydrogen-bond acceptors (Lipinski definition) is 3. The fourth-order valence-electron chi connectivity index (χ4n) is 4.67. The summed E-state index contributed by atoms with van der Waals surface area (Å²) in [6.07, 6.45) is 6.52. The summed E-state index contributed by atoms with van der Waals surface area (Å²) >= 11 is 6.31. The smallest absolute Gasteiger partial charge is 0.303 e. The quantitative estimate of drug-likeness (QED) is 0.595. The van der Waals surface area contributed by atoms with Crippen molar-refractivity contribution < 1.29 is 9.90 Å². The molecule has 1 aliphatic heterocycles. The summed E-state index contributed by atoms with van der Waals surface area (Å²) in [5.74, 6) is -0.676. The first-order valence-electron chi connectivity index (χ1n) is 10.5. The highest BCUT2D eigenvalue weighted by atomic mass is 35.5. The van der Waals surface area contributed by atoms with E-state index in [1.165, 1.54) is 22.2 Å². The molecule has 4 rings (SSSR count). The summed E-state index contributed by atoms with van der Waals surface area (Å²) in [7, 11) is 2.14. The highest BCUT2D eigenvalue weighted by Gasteiger charge is 2.25. The third-order valence-electron chi connectivity index (χ3n) is 6.27. The lowest BCUT2D eigenvalue weighted by Gasteiger charge is -2.25. The molecule has 1 aromatic carbocycles. The fourth-order valence-corrected chi connectivity index (χ4v) is 4.84. The maximum Gasteiger partial charge on any atom is 0.303 e. The van der Waals surface area contributed by atoms with E-state index in [0.717, 1.165) is 48.5 Å². The van der Waals surface area contributed by atoms with Crippen molar-refractivity contribution in [1.29, 1.82) is 0 Å². The minimum absolute atomic E-state index is 0.0603. The minimum atomic E-state index is -0.737. The predicted octanol–water partition coefficient (Wildman–Crippen LogP) is 4.71. The second-order valence-electron chi connectivity index (χ2n) is 8.49. The van der Waals surface area contributed by atoms with Gasteiger partial charge in [0, 0.05) is 66.5 Å². The number of carboxylic acids is 1. The van der Waals surface area contributed by atoms with Crippen molar-refractivity contribution in [2.45, 2.75) is 45.7 Å². The molecular weight excluding hydrogens is 398 g/mol. The molecule has 3 heterocycles. The van der Waals surface area contributed by atoms with Crippen molar-refractivity contribution in [3.8, 4) is 0 Å². The van der Waals surface area contributed by atoms with Crippen LogP contribution in [0.2, 0.25) is 5.02 Å². The average molecular weight is 426 g/mol. The topological polar surface area (TPSA) is 58.4 Å². The highest BCUT2D eigenvalue weighted by molar-refractivity contribution is 6.31. The first-order chi connectivity index (χ1) is 14.4. The van der Waals surface area contributed by atoms with Gasteiger partial charge in [0.25, 0.3) is 0 Å². The first-order valence-corrected chi connectivity index (χ1v) is 10.9. The molecule has 6 heteroatoms. The average Bonchev–Trinajstić information content (AvgIpc) is 2.99. The largest absolute Gasteiger partial charge is 0.481 e. The summed E-state index contributed by atoms with van der Waals surface area (Å²) in [4.78, 5) is 18.1. The molecule has 1 aliphatic rings. The van der Waals surface area contributed by atoms with Gasteiger partial charge in [-0.3, -0.25) is 9.78 Å². The molecule has 0 spiro atoms. The van der Waals surface area contributed by atoms with E-state index in [-0.39, 0.29) is 12.3 Å². The molecular formula is C24H28ClN3O2. The molecule has 2 aromatic heterocycles. The number of nitrogens with zero attached hydrogens (tertiary/aromatic N) is 3. The van der Waals surface area contributed by atoms with Crippen LogP contribution in [0, 0.1) is 12.8 Å². The summed E-state index contributed by atoms with van der Waals surface area (Å²) in [6, 6.07) is 8.11. The molecule has 30 heavy (non-hydrogen) atoms. The van der Waals surface area contributed by atoms with Gasteiger partial charge in [-0.2, -0.15) is 0 Å². The lowest BCUT2D eigenvalue weighted by Crippen LogP contribution is -2.28. The summed E-state index contributed by atoms with van der Waals surface area (Å²) in [6.45, 7) is 4.69. The Morgan fingerprint density at radius 1 is 1.33 bits per heavy atom. The third-order valence-corrected chi connectivity index (χ3v) is 6.50.